The number of amidine groups is 1. The molecular weight excluding hydrogens is 441 g/mol. The third kappa shape index (κ3) is 4.23. The lowest BCUT2D eigenvalue weighted by Gasteiger charge is -2.12. The van der Waals surface area contributed by atoms with Gasteiger partial charge in [0.2, 0.25) is 0 Å². The molecule has 0 aliphatic carbocycles. The van der Waals surface area contributed by atoms with E-state index in [1.54, 1.807) is 23.9 Å². The number of halogens is 2. The van der Waals surface area contributed by atoms with E-state index in [-0.39, 0.29) is 5.82 Å². The number of nitrogens with one attached hydrogen (secondary N) is 1. The summed E-state index contributed by atoms with van der Waals surface area (Å²) < 4.78 is 14.7. The van der Waals surface area contributed by atoms with Crippen molar-refractivity contribution in [1.82, 2.24) is 4.98 Å². The molecule has 6 heteroatoms. The van der Waals surface area contributed by atoms with Gasteiger partial charge >= 0.3 is 0 Å². The van der Waals surface area contributed by atoms with Crippen molar-refractivity contribution in [2.75, 3.05) is 11.1 Å². The number of hydrogen-bond acceptors (Lipinski definition) is 4. The molecule has 0 saturated carbocycles. The molecule has 3 nitrogen and oxygen atoms in total. The zero-order valence-electron chi connectivity index (χ0n) is 17.5. The summed E-state index contributed by atoms with van der Waals surface area (Å²) in [7, 11) is 0. The van der Waals surface area contributed by atoms with Crippen LogP contribution in [0, 0.1) is 5.82 Å². The fourth-order valence-corrected chi connectivity index (χ4v) is 5.04. The average Bonchev–Trinajstić information content (AvgIpc) is 3.27. The fourth-order valence-electron chi connectivity index (χ4n) is 3.79. The van der Waals surface area contributed by atoms with Gasteiger partial charge in [-0.15, -0.1) is 0 Å². The van der Waals surface area contributed by atoms with Gasteiger partial charge in [-0.05, 0) is 54.4 Å². The van der Waals surface area contributed by atoms with Gasteiger partial charge in [-0.2, -0.15) is 0 Å². The second-order valence-corrected chi connectivity index (χ2v) is 9.15. The van der Waals surface area contributed by atoms with Crippen molar-refractivity contribution < 1.29 is 4.39 Å². The van der Waals surface area contributed by atoms with Crippen LogP contribution in [0.15, 0.2) is 77.8 Å². The summed E-state index contributed by atoms with van der Waals surface area (Å²) in [6, 6.07) is 22.7. The first-order chi connectivity index (χ1) is 15.6. The summed E-state index contributed by atoms with van der Waals surface area (Å²) in [4.78, 5) is 9.51. The molecule has 4 aromatic rings. The van der Waals surface area contributed by atoms with Crippen LogP contribution in [0.4, 0.5) is 10.1 Å². The summed E-state index contributed by atoms with van der Waals surface area (Å²) in [5, 5.41) is 5.78. The number of aromatic nitrogens is 1. The van der Waals surface area contributed by atoms with E-state index >= 15 is 0 Å². The lowest BCUT2D eigenvalue weighted by Crippen LogP contribution is -2.05. The Balaban J connectivity index is 1.53. The zero-order chi connectivity index (χ0) is 22.1. The summed E-state index contributed by atoms with van der Waals surface area (Å²) in [6.07, 6.45) is 1.06. The number of anilines is 1. The first kappa shape index (κ1) is 21.0. The standard InChI is InChI=1S/C26H21ClFN3S/c1-2-18-15-32-26(29-18)30-19-10-7-16(8-11-19)25-14-21(20-5-3-4-6-23(20)28)22-13-17(27)9-12-24(22)31-25/h3-14,18H,2,15H2,1H3,(H,29,30). The number of rotatable bonds is 4. The van der Waals surface area contributed by atoms with Gasteiger partial charge in [0.05, 0.1) is 17.3 Å². The molecule has 5 rings (SSSR count). The molecule has 0 bridgehead atoms. The van der Waals surface area contributed by atoms with Crippen LogP contribution in [0.5, 0.6) is 0 Å². The van der Waals surface area contributed by atoms with Crippen LogP contribution >= 0.6 is 23.4 Å². The van der Waals surface area contributed by atoms with E-state index in [1.807, 2.05) is 54.6 Å². The molecule has 32 heavy (non-hydrogen) atoms. The van der Waals surface area contributed by atoms with Gasteiger partial charge in [-0.3, -0.25) is 4.99 Å². The van der Waals surface area contributed by atoms with Crippen molar-refractivity contribution >= 4 is 45.1 Å². The van der Waals surface area contributed by atoms with Crippen LogP contribution in [0.25, 0.3) is 33.3 Å². The van der Waals surface area contributed by atoms with Crippen LogP contribution in [0.2, 0.25) is 5.02 Å². The highest BCUT2D eigenvalue weighted by Crippen LogP contribution is 2.35. The molecule has 2 heterocycles. The van der Waals surface area contributed by atoms with Gasteiger partial charge in [0, 0.05) is 33.0 Å². The lowest BCUT2D eigenvalue weighted by molar-refractivity contribution is 0.631. The highest BCUT2D eigenvalue weighted by molar-refractivity contribution is 8.14. The van der Waals surface area contributed by atoms with Gasteiger partial charge in [0.1, 0.15) is 5.82 Å². The Morgan fingerprint density at radius 1 is 1.03 bits per heavy atom. The van der Waals surface area contributed by atoms with Crippen molar-refractivity contribution in [3.05, 3.63) is 83.6 Å². The second kappa shape index (κ2) is 8.93. The van der Waals surface area contributed by atoms with E-state index in [0.717, 1.165) is 50.8 Å². The maximum atomic E-state index is 14.7. The number of hydrogen-bond donors (Lipinski definition) is 1. The van der Waals surface area contributed by atoms with Gasteiger partial charge in [0.15, 0.2) is 5.17 Å². The SMILES string of the molecule is CCC1CSC(Nc2ccc(-c3cc(-c4ccccc4F)c4cc(Cl)ccc4n3)cc2)=N1. The average molecular weight is 462 g/mol. The molecule has 3 aromatic carbocycles. The molecule has 0 amide bonds. The smallest absolute Gasteiger partial charge is 0.161 e. The number of pyridine rings is 1. The van der Waals surface area contributed by atoms with E-state index in [2.05, 4.69) is 17.2 Å². The minimum atomic E-state index is -0.273. The van der Waals surface area contributed by atoms with Crippen molar-refractivity contribution in [2.45, 2.75) is 19.4 Å². The molecule has 0 saturated heterocycles. The molecule has 0 radical (unpaired) electrons. The monoisotopic (exact) mass is 461 g/mol. The Labute approximate surface area is 195 Å². The normalized spacial score (nSPS) is 15.7. The predicted octanol–water partition coefficient (Wildman–Crippen LogP) is 7.65. The summed E-state index contributed by atoms with van der Waals surface area (Å²) in [5.74, 6) is 0.756. The van der Waals surface area contributed by atoms with Crippen molar-refractivity contribution in [3.63, 3.8) is 0 Å². The van der Waals surface area contributed by atoms with Crippen LogP contribution in [0.1, 0.15) is 13.3 Å². The van der Waals surface area contributed by atoms with Gasteiger partial charge in [-0.1, -0.05) is 60.6 Å². The van der Waals surface area contributed by atoms with E-state index in [9.17, 15) is 4.39 Å². The highest BCUT2D eigenvalue weighted by atomic mass is 35.5. The van der Waals surface area contributed by atoms with E-state index in [0.29, 0.717) is 16.6 Å². The minimum absolute atomic E-state index is 0.273. The Morgan fingerprint density at radius 2 is 1.84 bits per heavy atom. The van der Waals surface area contributed by atoms with Crippen molar-refractivity contribution in [3.8, 4) is 22.4 Å². The fraction of sp³-hybridized carbons (Fsp3) is 0.154. The Bertz CT molecular complexity index is 1320. The van der Waals surface area contributed by atoms with Crippen molar-refractivity contribution in [2.24, 2.45) is 4.99 Å². The van der Waals surface area contributed by atoms with E-state index in [4.69, 9.17) is 16.6 Å². The Morgan fingerprint density at radius 3 is 2.59 bits per heavy atom. The quantitative estimate of drug-likeness (QED) is 0.339. The van der Waals surface area contributed by atoms with E-state index in [1.165, 1.54) is 6.07 Å². The minimum Gasteiger partial charge on any atom is -0.335 e. The molecule has 1 unspecified atom stereocenters. The number of nitrogens with zero attached hydrogens (tertiary/aromatic N) is 2. The molecule has 1 aliphatic heterocycles. The third-order valence-corrected chi connectivity index (χ3v) is 6.82. The predicted molar refractivity (Wildman–Crippen MR) is 135 cm³/mol. The van der Waals surface area contributed by atoms with Crippen LogP contribution in [-0.4, -0.2) is 21.9 Å². The molecule has 0 fully saturated rings. The maximum Gasteiger partial charge on any atom is 0.161 e. The van der Waals surface area contributed by atoms with Crippen LogP contribution in [0.3, 0.4) is 0 Å². The molecule has 160 valence electrons. The lowest BCUT2D eigenvalue weighted by atomic mass is 9.98. The first-order valence-electron chi connectivity index (χ1n) is 10.5. The molecule has 1 atom stereocenters. The third-order valence-electron chi connectivity index (χ3n) is 5.55. The topological polar surface area (TPSA) is 37.3 Å². The Kier molecular flexibility index (Phi) is 5.85. The largest absolute Gasteiger partial charge is 0.335 e. The van der Waals surface area contributed by atoms with Gasteiger partial charge in [-0.25, -0.2) is 9.37 Å². The van der Waals surface area contributed by atoms with Crippen LogP contribution < -0.4 is 5.32 Å². The molecule has 1 aromatic heterocycles. The molecular formula is C26H21ClFN3S. The Hall–Kier alpha value is -2.89. The van der Waals surface area contributed by atoms with E-state index < -0.39 is 0 Å². The molecule has 1 aliphatic rings. The van der Waals surface area contributed by atoms with Gasteiger partial charge < -0.3 is 5.32 Å². The highest BCUT2D eigenvalue weighted by Gasteiger charge is 2.17. The zero-order valence-corrected chi connectivity index (χ0v) is 19.1. The number of benzene rings is 3. The van der Waals surface area contributed by atoms with Crippen LogP contribution in [-0.2, 0) is 0 Å². The molecule has 0 spiro atoms. The summed E-state index contributed by atoms with van der Waals surface area (Å²) in [5.41, 5.74) is 4.80. The molecule has 1 N–H and O–H groups in total. The number of aliphatic imine (C=N–C) groups is 1. The summed E-state index contributed by atoms with van der Waals surface area (Å²) >= 11 is 7.99. The number of fused-ring (bicyclic) bond motifs is 1. The second-order valence-electron chi connectivity index (χ2n) is 7.71. The maximum absolute atomic E-state index is 14.7. The van der Waals surface area contributed by atoms with Crippen molar-refractivity contribution in [1.29, 1.82) is 0 Å². The summed E-state index contributed by atoms with van der Waals surface area (Å²) in [6.45, 7) is 2.16. The first-order valence-corrected chi connectivity index (χ1v) is 11.9. The van der Waals surface area contributed by atoms with Gasteiger partial charge in [0.25, 0.3) is 0 Å². The number of thioether (sulfide) groups is 1.